The molecule has 0 aliphatic heterocycles. The van der Waals surface area contributed by atoms with Gasteiger partial charge in [-0.3, -0.25) is 9.59 Å². The van der Waals surface area contributed by atoms with E-state index in [-0.39, 0.29) is 18.4 Å². The number of hydrogen-bond acceptors (Lipinski definition) is 4. The van der Waals surface area contributed by atoms with Crippen LogP contribution in [0.4, 0.5) is 5.13 Å². The summed E-state index contributed by atoms with van der Waals surface area (Å²) in [4.78, 5) is 31.8. The average molecular weight is 414 g/mol. The number of rotatable bonds is 8. The number of nitrogens with one attached hydrogen (secondary N) is 1. The Morgan fingerprint density at radius 2 is 2.00 bits per heavy atom. The second-order valence-corrected chi connectivity index (χ2v) is 7.94. The molecule has 0 aliphatic rings. The van der Waals surface area contributed by atoms with Crippen molar-refractivity contribution in [3.05, 3.63) is 44.9 Å². The van der Waals surface area contributed by atoms with Crippen LogP contribution in [-0.2, 0) is 4.79 Å². The molecule has 2 aromatic rings. The van der Waals surface area contributed by atoms with Crippen molar-refractivity contribution < 1.29 is 9.59 Å². The number of halogens is 2. The fraction of sp³-hybridized carbons (Fsp3) is 0.389. The lowest BCUT2D eigenvalue weighted by Crippen LogP contribution is -2.38. The largest absolute Gasteiger partial charge is 0.329 e. The third-order valence-corrected chi connectivity index (χ3v) is 5.25. The number of nitrogens with zero attached hydrogens (tertiary/aromatic N) is 2. The van der Waals surface area contributed by atoms with Gasteiger partial charge in [0, 0.05) is 23.2 Å². The van der Waals surface area contributed by atoms with E-state index >= 15 is 0 Å². The highest BCUT2D eigenvalue weighted by Crippen LogP contribution is 2.23. The number of carbonyl (C=O) groups is 2. The van der Waals surface area contributed by atoms with Gasteiger partial charge in [0.1, 0.15) is 6.54 Å². The lowest BCUT2D eigenvalue weighted by molar-refractivity contribution is -0.116. The van der Waals surface area contributed by atoms with Gasteiger partial charge in [-0.15, -0.1) is 11.3 Å². The standard InChI is InChI=1S/C18H21Cl2N3O2S/c1-3-4-5-8-23(11-16(24)22-18-21-10-12(2)26-18)17(25)13-6-7-14(19)15(20)9-13/h6-7,9-10H,3-5,8,11H2,1-2H3,(H,21,22,24). The zero-order valence-corrected chi connectivity index (χ0v) is 17.0. The minimum Gasteiger partial charge on any atom is -0.329 e. The highest BCUT2D eigenvalue weighted by atomic mass is 35.5. The number of carbonyl (C=O) groups excluding carboxylic acids is 2. The molecule has 2 rings (SSSR count). The molecule has 0 saturated carbocycles. The Balaban J connectivity index is 2.09. The number of aromatic nitrogens is 1. The normalized spacial score (nSPS) is 10.6. The van der Waals surface area contributed by atoms with Crippen molar-refractivity contribution in [2.75, 3.05) is 18.4 Å². The van der Waals surface area contributed by atoms with Crippen LogP contribution in [0.3, 0.4) is 0 Å². The second kappa shape index (κ2) is 9.90. The van der Waals surface area contributed by atoms with Gasteiger partial charge in [0.2, 0.25) is 5.91 Å². The highest BCUT2D eigenvalue weighted by Gasteiger charge is 2.20. The minimum absolute atomic E-state index is 0.0403. The second-order valence-electron chi connectivity index (χ2n) is 5.89. The van der Waals surface area contributed by atoms with Crippen molar-refractivity contribution in [1.82, 2.24) is 9.88 Å². The number of aryl methyl sites for hydroxylation is 1. The Morgan fingerprint density at radius 3 is 2.62 bits per heavy atom. The van der Waals surface area contributed by atoms with Crippen LogP contribution in [0.5, 0.6) is 0 Å². The Kier molecular flexibility index (Phi) is 7.87. The maximum atomic E-state index is 12.8. The van der Waals surface area contributed by atoms with Crippen molar-refractivity contribution in [2.24, 2.45) is 0 Å². The fourth-order valence-corrected chi connectivity index (χ4v) is 3.34. The van der Waals surface area contributed by atoms with Gasteiger partial charge in [-0.25, -0.2) is 4.98 Å². The van der Waals surface area contributed by atoms with Crippen molar-refractivity contribution in [3.63, 3.8) is 0 Å². The Morgan fingerprint density at radius 1 is 1.23 bits per heavy atom. The minimum atomic E-state index is -0.274. The Bertz CT molecular complexity index is 780. The SMILES string of the molecule is CCCCCN(CC(=O)Nc1ncc(C)s1)C(=O)c1ccc(Cl)c(Cl)c1. The van der Waals surface area contributed by atoms with E-state index in [1.807, 2.05) is 6.92 Å². The van der Waals surface area contributed by atoms with Crippen molar-refractivity contribution >= 4 is 51.5 Å². The molecule has 2 amide bonds. The summed E-state index contributed by atoms with van der Waals surface area (Å²) in [5.74, 6) is -0.519. The van der Waals surface area contributed by atoms with E-state index in [1.54, 1.807) is 18.3 Å². The Labute approximate surface area is 167 Å². The van der Waals surface area contributed by atoms with Crippen LogP contribution < -0.4 is 5.32 Å². The summed E-state index contributed by atoms with van der Waals surface area (Å²) in [6, 6.07) is 4.73. The molecule has 1 aromatic heterocycles. The van der Waals surface area contributed by atoms with Gasteiger partial charge in [-0.2, -0.15) is 0 Å². The highest BCUT2D eigenvalue weighted by molar-refractivity contribution is 7.15. The molecule has 1 N–H and O–H groups in total. The molecular formula is C18H21Cl2N3O2S. The Hall–Kier alpha value is -1.63. The number of anilines is 1. The van der Waals surface area contributed by atoms with E-state index in [9.17, 15) is 9.59 Å². The van der Waals surface area contributed by atoms with Gasteiger partial charge in [-0.05, 0) is 31.5 Å². The number of amides is 2. The molecule has 8 heteroatoms. The first-order valence-electron chi connectivity index (χ1n) is 8.37. The molecular weight excluding hydrogens is 393 g/mol. The quantitative estimate of drug-likeness (QED) is 0.617. The summed E-state index contributed by atoms with van der Waals surface area (Å²) in [5.41, 5.74) is 0.411. The van der Waals surface area contributed by atoms with E-state index in [1.165, 1.54) is 22.3 Å². The van der Waals surface area contributed by atoms with E-state index in [0.717, 1.165) is 24.1 Å². The first-order chi connectivity index (χ1) is 12.4. The third kappa shape index (κ3) is 5.97. The fourth-order valence-electron chi connectivity index (χ4n) is 2.36. The first kappa shape index (κ1) is 20.7. The van der Waals surface area contributed by atoms with Gasteiger partial charge < -0.3 is 10.2 Å². The monoisotopic (exact) mass is 413 g/mol. The zero-order chi connectivity index (χ0) is 19.1. The number of thiazole rings is 1. The number of hydrogen-bond donors (Lipinski definition) is 1. The molecule has 1 heterocycles. The molecule has 0 saturated heterocycles. The van der Waals surface area contributed by atoms with E-state index in [2.05, 4.69) is 17.2 Å². The third-order valence-electron chi connectivity index (χ3n) is 3.69. The molecule has 1 aromatic carbocycles. The molecule has 140 valence electrons. The number of unbranched alkanes of at least 4 members (excludes halogenated alkanes) is 2. The average Bonchev–Trinajstić information content (AvgIpc) is 3.00. The topological polar surface area (TPSA) is 62.3 Å². The van der Waals surface area contributed by atoms with E-state index in [0.29, 0.717) is 27.3 Å². The van der Waals surface area contributed by atoms with Crippen molar-refractivity contribution in [1.29, 1.82) is 0 Å². The van der Waals surface area contributed by atoms with Crippen LogP contribution in [-0.4, -0.2) is 34.8 Å². The maximum Gasteiger partial charge on any atom is 0.254 e. The molecule has 5 nitrogen and oxygen atoms in total. The summed E-state index contributed by atoms with van der Waals surface area (Å²) < 4.78 is 0. The van der Waals surface area contributed by atoms with E-state index in [4.69, 9.17) is 23.2 Å². The van der Waals surface area contributed by atoms with Gasteiger partial charge in [0.05, 0.1) is 10.0 Å². The molecule has 0 aliphatic carbocycles. The molecule has 0 spiro atoms. The smallest absolute Gasteiger partial charge is 0.254 e. The van der Waals surface area contributed by atoms with Gasteiger partial charge in [0.25, 0.3) is 5.91 Å². The molecule has 0 fully saturated rings. The van der Waals surface area contributed by atoms with Crippen LogP contribution in [0.1, 0.15) is 41.4 Å². The van der Waals surface area contributed by atoms with Crippen LogP contribution in [0.2, 0.25) is 10.0 Å². The van der Waals surface area contributed by atoms with Crippen molar-refractivity contribution in [2.45, 2.75) is 33.1 Å². The predicted octanol–water partition coefficient (Wildman–Crippen LogP) is 5.03. The predicted molar refractivity (Wildman–Crippen MR) is 107 cm³/mol. The summed E-state index contributed by atoms with van der Waals surface area (Å²) in [5, 5.41) is 3.97. The van der Waals surface area contributed by atoms with E-state index < -0.39 is 0 Å². The van der Waals surface area contributed by atoms with Gasteiger partial charge in [0.15, 0.2) is 5.13 Å². The zero-order valence-electron chi connectivity index (χ0n) is 14.7. The maximum absolute atomic E-state index is 12.8. The van der Waals surface area contributed by atoms with Gasteiger partial charge >= 0.3 is 0 Å². The molecule has 26 heavy (non-hydrogen) atoms. The summed E-state index contributed by atoms with van der Waals surface area (Å²) in [6.45, 7) is 4.46. The van der Waals surface area contributed by atoms with Crippen LogP contribution in [0.15, 0.2) is 24.4 Å². The summed E-state index contributed by atoms with van der Waals surface area (Å²) >= 11 is 13.3. The molecule has 0 unspecified atom stereocenters. The first-order valence-corrected chi connectivity index (χ1v) is 9.94. The molecule has 0 bridgehead atoms. The summed E-state index contributed by atoms with van der Waals surface area (Å²) in [6.07, 6.45) is 4.53. The van der Waals surface area contributed by atoms with Crippen LogP contribution >= 0.6 is 34.5 Å². The molecule has 0 atom stereocenters. The van der Waals surface area contributed by atoms with Gasteiger partial charge in [-0.1, -0.05) is 43.0 Å². The van der Waals surface area contributed by atoms with Crippen LogP contribution in [0, 0.1) is 6.92 Å². The number of benzene rings is 1. The lowest BCUT2D eigenvalue weighted by atomic mass is 10.1. The van der Waals surface area contributed by atoms with Crippen LogP contribution in [0.25, 0.3) is 0 Å². The van der Waals surface area contributed by atoms with Crippen molar-refractivity contribution in [3.8, 4) is 0 Å². The summed E-state index contributed by atoms with van der Waals surface area (Å²) in [7, 11) is 0. The molecule has 0 radical (unpaired) electrons. The lowest BCUT2D eigenvalue weighted by Gasteiger charge is -2.22.